The van der Waals surface area contributed by atoms with Gasteiger partial charge in [-0.3, -0.25) is 24.3 Å². The number of nitrogens with zero attached hydrogens (tertiary/aromatic N) is 3. The zero-order chi connectivity index (χ0) is 25.1. The number of aliphatic imine (C=N–C) groups is 1. The summed E-state index contributed by atoms with van der Waals surface area (Å²) in [5, 5.41) is 5.38. The van der Waals surface area contributed by atoms with Crippen LogP contribution in [0.15, 0.2) is 47.5 Å². The molecule has 2 aromatic carbocycles. The van der Waals surface area contributed by atoms with E-state index >= 15 is 0 Å². The number of carbonyl (C=O) groups is 4. The van der Waals surface area contributed by atoms with E-state index in [0.717, 1.165) is 16.7 Å². The minimum atomic E-state index is -1.21. The lowest BCUT2D eigenvalue weighted by molar-refractivity contribution is -0.134. The van der Waals surface area contributed by atoms with Gasteiger partial charge in [0, 0.05) is 42.9 Å². The third kappa shape index (κ3) is 5.40. The quantitative estimate of drug-likeness (QED) is 0.708. The molecule has 4 amide bonds. The number of urea groups is 1. The average molecular weight is 476 g/mol. The van der Waals surface area contributed by atoms with Crippen LogP contribution in [-0.2, 0) is 14.4 Å². The van der Waals surface area contributed by atoms with Crippen LogP contribution >= 0.6 is 0 Å². The first kappa shape index (κ1) is 24.1. The maximum absolute atomic E-state index is 13.7. The fourth-order valence-electron chi connectivity index (χ4n) is 4.39. The summed E-state index contributed by atoms with van der Waals surface area (Å²) in [6, 6.07) is 12.3. The number of Topliss-reactive ketones (excluding diaryl/α,β-unsaturated/α-hetero) is 1. The number of likely N-dealkylation sites (tertiary alicyclic amines) is 1. The summed E-state index contributed by atoms with van der Waals surface area (Å²) in [5.41, 5.74) is 4.30. The smallest absolute Gasteiger partial charge is 0.321 e. The summed E-state index contributed by atoms with van der Waals surface area (Å²) in [6.07, 6.45) is -0.566. The van der Waals surface area contributed by atoms with Gasteiger partial charge >= 0.3 is 6.03 Å². The van der Waals surface area contributed by atoms with Crippen molar-refractivity contribution in [2.75, 3.05) is 29.9 Å². The van der Waals surface area contributed by atoms with E-state index in [0.29, 0.717) is 43.0 Å². The zero-order valence-corrected chi connectivity index (χ0v) is 20.1. The normalized spacial score (nSPS) is 17.9. The van der Waals surface area contributed by atoms with Crippen molar-refractivity contribution in [1.29, 1.82) is 0 Å². The highest BCUT2D eigenvalue weighted by Crippen LogP contribution is 2.29. The summed E-state index contributed by atoms with van der Waals surface area (Å²) in [5.74, 6) is -0.616. The molecule has 35 heavy (non-hydrogen) atoms. The van der Waals surface area contributed by atoms with Gasteiger partial charge in [-0.05, 0) is 44.0 Å². The number of carbonyl (C=O) groups excluding carboxylic acids is 4. The molecule has 0 bridgehead atoms. The van der Waals surface area contributed by atoms with Crippen LogP contribution in [0, 0.1) is 13.8 Å². The summed E-state index contributed by atoms with van der Waals surface area (Å²) in [7, 11) is 0. The van der Waals surface area contributed by atoms with Crippen LogP contribution < -0.4 is 15.5 Å². The van der Waals surface area contributed by atoms with Gasteiger partial charge in [0.25, 0.3) is 5.91 Å². The maximum atomic E-state index is 13.7. The van der Waals surface area contributed by atoms with Gasteiger partial charge in [-0.1, -0.05) is 30.3 Å². The van der Waals surface area contributed by atoms with E-state index < -0.39 is 18.1 Å². The number of hydrogen-bond acceptors (Lipinski definition) is 5. The van der Waals surface area contributed by atoms with Crippen molar-refractivity contribution in [3.05, 3.63) is 59.2 Å². The molecule has 9 nitrogen and oxygen atoms in total. The third-order valence-electron chi connectivity index (χ3n) is 6.23. The van der Waals surface area contributed by atoms with Gasteiger partial charge < -0.3 is 15.5 Å². The number of ketones is 1. The lowest BCUT2D eigenvalue weighted by Crippen LogP contribution is -2.52. The number of hydrogen-bond donors (Lipinski definition) is 2. The molecule has 2 aliphatic rings. The topological polar surface area (TPSA) is 111 Å². The van der Waals surface area contributed by atoms with E-state index in [2.05, 4.69) is 15.6 Å². The van der Waals surface area contributed by atoms with Crippen molar-refractivity contribution < 1.29 is 19.2 Å². The molecule has 2 N–H and O–H groups in total. The van der Waals surface area contributed by atoms with E-state index in [1.165, 1.54) is 4.90 Å². The number of piperidine rings is 1. The number of nitrogens with one attached hydrogen (secondary N) is 2. The first-order valence-electron chi connectivity index (χ1n) is 11.6. The predicted molar refractivity (Wildman–Crippen MR) is 134 cm³/mol. The Balaban J connectivity index is 1.60. The SMILES string of the molecule is CC1=NC(NC(=O)Nc2cccc(C)c2)C(=O)N(CC(=O)N2CCC(=O)CC2)c2c(C)cccc21. The van der Waals surface area contributed by atoms with Crippen LogP contribution in [-0.4, -0.2) is 60.0 Å². The molecule has 0 radical (unpaired) electrons. The monoisotopic (exact) mass is 475 g/mol. The molecule has 0 aromatic heterocycles. The van der Waals surface area contributed by atoms with Crippen LogP contribution in [0.3, 0.4) is 0 Å². The molecular weight excluding hydrogens is 446 g/mol. The summed E-state index contributed by atoms with van der Waals surface area (Å²) in [4.78, 5) is 58.6. The molecule has 0 saturated carbocycles. The Labute approximate surface area is 204 Å². The first-order valence-corrected chi connectivity index (χ1v) is 11.6. The minimum Gasteiger partial charge on any atom is -0.340 e. The third-order valence-corrected chi connectivity index (χ3v) is 6.23. The number of benzodiazepines with no additional fused rings is 1. The van der Waals surface area contributed by atoms with E-state index in [9.17, 15) is 19.2 Å². The van der Waals surface area contributed by atoms with Crippen LogP contribution in [0.25, 0.3) is 0 Å². The summed E-state index contributed by atoms with van der Waals surface area (Å²) >= 11 is 0. The summed E-state index contributed by atoms with van der Waals surface area (Å²) < 4.78 is 0. The highest BCUT2D eigenvalue weighted by Gasteiger charge is 2.35. The molecule has 1 saturated heterocycles. The second-order valence-electron chi connectivity index (χ2n) is 8.90. The van der Waals surface area contributed by atoms with Crippen LogP contribution in [0.5, 0.6) is 0 Å². The van der Waals surface area contributed by atoms with Crippen LogP contribution in [0.4, 0.5) is 16.2 Å². The Morgan fingerprint density at radius 2 is 1.74 bits per heavy atom. The molecule has 0 spiro atoms. The molecule has 182 valence electrons. The number of para-hydroxylation sites is 1. The Morgan fingerprint density at radius 1 is 1.03 bits per heavy atom. The largest absolute Gasteiger partial charge is 0.340 e. The summed E-state index contributed by atoms with van der Waals surface area (Å²) in [6.45, 7) is 6.05. The second kappa shape index (κ2) is 10.1. The van der Waals surface area contributed by atoms with E-state index in [4.69, 9.17) is 0 Å². The maximum Gasteiger partial charge on any atom is 0.321 e. The van der Waals surface area contributed by atoms with Gasteiger partial charge in [-0.2, -0.15) is 0 Å². The van der Waals surface area contributed by atoms with E-state index in [1.807, 2.05) is 50.2 Å². The van der Waals surface area contributed by atoms with Crippen molar-refractivity contribution >= 4 is 40.7 Å². The standard InChI is InChI=1S/C26H29N5O4/c1-16-6-4-8-19(14-16)28-26(35)29-24-25(34)31(15-22(33)30-12-10-20(32)11-13-30)23-17(2)7-5-9-21(23)18(3)27-24/h4-9,14,24H,10-13,15H2,1-3H3,(H2,28,29,35). The number of rotatable bonds is 4. The predicted octanol–water partition coefficient (Wildman–Crippen LogP) is 2.80. The molecule has 1 unspecified atom stereocenters. The molecule has 2 aromatic rings. The molecule has 1 atom stereocenters. The Bertz CT molecular complexity index is 1210. The second-order valence-corrected chi connectivity index (χ2v) is 8.90. The van der Waals surface area contributed by atoms with E-state index in [1.54, 1.807) is 17.9 Å². The van der Waals surface area contributed by atoms with Gasteiger partial charge in [0.2, 0.25) is 12.1 Å². The molecule has 9 heteroatoms. The lowest BCUT2D eigenvalue weighted by atomic mass is 10.0. The molecule has 2 aliphatic heterocycles. The van der Waals surface area contributed by atoms with Gasteiger partial charge in [0.05, 0.1) is 5.69 Å². The van der Waals surface area contributed by atoms with Crippen molar-refractivity contribution in [1.82, 2.24) is 10.2 Å². The molecule has 2 heterocycles. The molecular formula is C26H29N5O4. The first-order chi connectivity index (χ1) is 16.7. The van der Waals surface area contributed by atoms with Crippen molar-refractivity contribution in [3.8, 4) is 0 Å². The van der Waals surface area contributed by atoms with E-state index in [-0.39, 0.29) is 18.2 Å². The number of aryl methyl sites for hydroxylation is 2. The van der Waals surface area contributed by atoms with Gasteiger partial charge in [-0.25, -0.2) is 4.79 Å². The number of benzene rings is 2. The zero-order valence-electron chi connectivity index (χ0n) is 20.1. The minimum absolute atomic E-state index is 0.133. The lowest BCUT2D eigenvalue weighted by Gasteiger charge is -2.31. The molecule has 1 fully saturated rings. The fourth-order valence-corrected chi connectivity index (χ4v) is 4.39. The van der Waals surface area contributed by atoms with Crippen molar-refractivity contribution in [3.63, 3.8) is 0 Å². The van der Waals surface area contributed by atoms with Crippen molar-refractivity contribution in [2.45, 2.75) is 39.8 Å². The van der Waals surface area contributed by atoms with Gasteiger partial charge in [-0.15, -0.1) is 0 Å². The fraction of sp³-hybridized carbons (Fsp3) is 0.346. The Morgan fingerprint density at radius 3 is 2.46 bits per heavy atom. The van der Waals surface area contributed by atoms with Gasteiger partial charge in [0.15, 0.2) is 0 Å². The number of amides is 4. The highest BCUT2D eigenvalue weighted by molar-refractivity contribution is 6.14. The Kier molecular flexibility index (Phi) is 6.95. The molecule has 0 aliphatic carbocycles. The van der Waals surface area contributed by atoms with Crippen LogP contribution in [0.2, 0.25) is 0 Å². The Hall–Kier alpha value is -4.01. The van der Waals surface area contributed by atoms with Crippen LogP contribution in [0.1, 0.15) is 36.5 Å². The average Bonchev–Trinajstić information content (AvgIpc) is 2.90. The number of fused-ring (bicyclic) bond motifs is 1. The molecule has 4 rings (SSSR count). The highest BCUT2D eigenvalue weighted by atomic mass is 16.2. The van der Waals surface area contributed by atoms with Gasteiger partial charge in [0.1, 0.15) is 12.3 Å². The number of anilines is 2. The van der Waals surface area contributed by atoms with Crippen molar-refractivity contribution in [2.24, 2.45) is 4.99 Å².